The maximum atomic E-state index is 11.2. The molecule has 0 aliphatic rings. The van der Waals surface area contributed by atoms with Gasteiger partial charge in [-0.2, -0.15) is 5.26 Å². The Labute approximate surface area is 99.3 Å². The molecule has 1 rings (SSSR count). The van der Waals surface area contributed by atoms with Crippen LogP contribution in [0.4, 0.5) is 0 Å². The van der Waals surface area contributed by atoms with Gasteiger partial charge in [0.05, 0.1) is 14.5 Å². The summed E-state index contributed by atoms with van der Waals surface area (Å²) in [4.78, 5) is 11.2. The molecule has 0 aliphatic carbocycles. The van der Waals surface area contributed by atoms with Crippen molar-refractivity contribution in [1.82, 2.24) is 0 Å². The Morgan fingerprint density at radius 3 is 2.57 bits per heavy atom. The van der Waals surface area contributed by atoms with E-state index in [1.54, 1.807) is 23.5 Å². The molecular weight excluding hydrogens is 254 g/mol. The normalized spacial score (nSPS) is 10.0. The van der Waals surface area contributed by atoms with Crippen molar-refractivity contribution in [3.05, 3.63) is 8.85 Å². The predicted octanol–water partition coefficient (Wildman–Crippen LogP) is 3.29. The van der Waals surface area contributed by atoms with Crippen molar-refractivity contribution in [2.75, 3.05) is 11.5 Å². The first-order valence-electron chi connectivity index (χ1n) is 4.04. The second-order valence-electron chi connectivity index (χ2n) is 2.22. The van der Waals surface area contributed by atoms with Gasteiger partial charge in [0, 0.05) is 12.2 Å². The van der Waals surface area contributed by atoms with E-state index in [0.29, 0.717) is 6.42 Å². The van der Waals surface area contributed by atoms with Crippen molar-refractivity contribution in [3.63, 3.8) is 0 Å². The van der Waals surface area contributed by atoms with Crippen LogP contribution in [0.3, 0.4) is 0 Å². The Morgan fingerprint density at radius 1 is 1.36 bits per heavy atom. The summed E-state index contributed by atoms with van der Waals surface area (Å²) in [6.07, 6.45) is 0.539. The Bertz CT molecular complexity index is 375. The second kappa shape index (κ2) is 6.51. The van der Waals surface area contributed by atoms with E-state index < -0.39 is 0 Å². The Hall–Kier alpha value is 0.0400. The predicted molar refractivity (Wildman–Crippen MR) is 65.8 cm³/mol. The first kappa shape index (κ1) is 12.1. The number of hydrogen-bond donors (Lipinski definition) is 0. The lowest BCUT2D eigenvalue weighted by Gasteiger charge is -1.97. The summed E-state index contributed by atoms with van der Waals surface area (Å²) in [5.74, 6) is 1.76. The van der Waals surface area contributed by atoms with E-state index >= 15 is 0 Å². The van der Waals surface area contributed by atoms with Gasteiger partial charge in [0.2, 0.25) is 0 Å². The zero-order valence-electron chi connectivity index (χ0n) is 7.61. The SMILES string of the molecule is CCSc1sc(=O)sc1SCCC#N. The fourth-order valence-electron chi connectivity index (χ4n) is 0.753. The van der Waals surface area contributed by atoms with E-state index in [-0.39, 0.29) is 4.06 Å². The number of hydrogen-bond acceptors (Lipinski definition) is 6. The topological polar surface area (TPSA) is 40.9 Å². The average Bonchev–Trinajstić information content (AvgIpc) is 2.48. The minimum atomic E-state index is 0.153. The molecule has 1 aromatic heterocycles. The third-order valence-corrected chi connectivity index (χ3v) is 6.21. The van der Waals surface area contributed by atoms with Crippen LogP contribution in [0.25, 0.3) is 0 Å². The van der Waals surface area contributed by atoms with Crippen LogP contribution in [0.15, 0.2) is 13.2 Å². The van der Waals surface area contributed by atoms with Crippen LogP contribution >= 0.6 is 46.2 Å². The molecule has 0 amide bonds. The van der Waals surface area contributed by atoms with Crippen molar-refractivity contribution in [2.24, 2.45) is 0 Å². The molecule has 0 bridgehead atoms. The third kappa shape index (κ3) is 3.65. The fraction of sp³-hybridized carbons (Fsp3) is 0.500. The van der Waals surface area contributed by atoms with Gasteiger partial charge >= 0.3 is 0 Å². The summed E-state index contributed by atoms with van der Waals surface area (Å²) in [6.45, 7) is 2.07. The van der Waals surface area contributed by atoms with E-state index in [4.69, 9.17) is 5.26 Å². The van der Waals surface area contributed by atoms with Crippen LogP contribution in [-0.2, 0) is 0 Å². The molecule has 0 unspecified atom stereocenters. The highest BCUT2D eigenvalue weighted by atomic mass is 32.2. The van der Waals surface area contributed by atoms with Crippen molar-refractivity contribution in [3.8, 4) is 6.07 Å². The zero-order valence-corrected chi connectivity index (χ0v) is 10.9. The minimum Gasteiger partial charge on any atom is -0.265 e. The highest BCUT2D eigenvalue weighted by Gasteiger charge is 2.08. The lowest BCUT2D eigenvalue weighted by atomic mass is 10.6. The van der Waals surface area contributed by atoms with Gasteiger partial charge in [0.1, 0.15) is 0 Å². The van der Waals surface area contributed by atoms with Crippen molar-refractivity contribution >= 4 is 46.2 Å². The summed E-state index contributed by atoms with van der Waals surface area (Å²) in [5.41, 5.74) is 0. The van der Waals surface area contributed by atoms with Gasteiger partial charge in [0.25, 0.3) is 4.06 Å². The molecule has 76 valence electrons. The lowest BCUT2D eigenvalue weighted by Crippen LogP contribution is -1.75. The number of nitrogens with zero attached hydrogens (tertiary/aromatic N) is 1. The summed E-state index contributed by atoms with van der Waals surface area (Å²) in [7, 11) is 0. The van der Waals surface area contributed by atoms with Crippen molar-refractivity contribution in [2.45, 2.75) is 21.8 Å². The molecule has 0 spiro atoms. The zero-order chi connectivity index (χ0) is 10.4. The van der Waals surface area contributed by atoms with Gasteiger partial charge in [-0.05, 0) is 5.75 Å². The van der Waals surface area contributed by atoms with Crippen LogP contribution in [0.2, 0.25) is 0 Å². The molecule has 2 nitrogen and oxygen atoms in total. The maximum Gasteiger partial charge on any atom is 0.289 e. The number of nitriles is 1. The lowest BCUT2D eigenvalue weighted by molar-refractivity contribution is 1.24. The van der Waals surface area contributed by atoms with Crippen LogP contribution in [-0.4, -0.2) is 11.5 Å². The Kier molecular flexibility index (Phi) is 5.63. The van der Waals surface area contributed by atoms with Crippen LogP contribution in [0.1, 0.15) is 13.3 Å². The molecule has 6 heteroatoms. The molecule has 0 saturated heterocycles. The molecule has 1 aromatic rings. The molecule has 14 heavy (non-hydrogen) atoms. The van der Waals surface area contributed by atoms with Crippen molar-refractivity contribution < 1.29 is 0 Å². The largest absolute Gasteiger partial charge is 0.289 e. The highest BCUT2D eigenvalue weighted by Crippen LogP contribution is 2.36. The molecule has 0 N–H and O–H groups in total. The first-order chi connectivity index (χ1) is 6.77. The molecule has 0 atom stereocenters. The average molecular weight is 263 g/mol. The summed E-state index contributed by atoms with van der Waals surface area (Å²) in [5, 5.41) is 8.40. The third-order valence-electron chi connectivity index (χ3n) is 1.24. The van der Waals surface area contributed by atoms with Gasteiger partial charge < -0.3 is 0 Å². The molecule has 1 heterocycles. The van der Waals surface area contributed by atoms with Gasteiger partial charge in [-0.25, -0.2) is 0 Å². The standard InChI is InChI=1S/C8H9NOS4/c1-2-11-6-7(12-5-3-4-9)14-8(10)13-6/h2-3,5H2,1H3. The van der Waals surface area contributed by atoms with Crippen LogP contribution in [0.5, 0.6) is 0 Å². The van der Waals surface area contributed by atoms with Crippen LogP contribution in [0, 0.1) is 11.3 Å². The quantitative estimate of drug-likeness (QED) is 0.604. The Balaban J connectivity index is 2.65. The van der Waals surface area contributed by atoms with E-state index in [1.807, 2.05) is 0 Å². The number of thioether (sulfide) groups is 2. The summed E-state index contributed by atoms with van der Waals surface area (Å²) in [6, 6.07) is 2.10. The second-order valence-corrected chi connectivity index (χ2v) is 7.34. The Morgan fingerprint density at radius 2 is 2.00 bits per heavy atom. The molecule has 0 radical (unpaired) electrons. The minimum absolute atomic E-state index is 0.153. The maximum absolute atomic E-state index is 11.2. The molecule has 0 aliphatic heterocycles. The highest BCUT2D eigenvalue weighted by molar-refractivity contribution is 8.04. The van der Waals surface area contributed by atoms with E-state index in [9.17, 15) is 4.79 Å². The molecular formula is C8H9NOS4. The van der Waals surface area contributed by atoms with E-state index in [1.165, 1.54) is 22.7 Å². The van der Waals surface area contributed by atoms with Crippen LogP contribution < -0.4 is 4.06 Å². The fourth-order valence-corrected chi connectivity index (χ4v) is 5.82. The van der Waals surface area contributed by atoms with Gasteiger partial charge in [0.15, 0.2) is 0 Å². The smallest absolute Gasteiger partial charge is 0.265 e. The van der Waals surface area contributed by atoms with E-state index in [2.05, 4.69) is 13.0 Å². The molecule has 0 fully saturated rings. The van der Waals surface area contributed by atoms with Gasteiger partial charge in [-0.1, -0.05) is 29.6 Å². The molecule has 0 aromatic carbocycles. The summed E-state index contributed by atoms with van der Waals surface area (Å²) >= 11 is 5.94. The monoisotopic (exact) mass is 263 g/mol. The van der Waals surface area contributed by atoms with Gasteiger partial charge in [-0.3, -0.25) is 4.79 Å². The molecule has 0 saturated carbocycles. The summed E-state index contributed by atoms with van der Waals surface area (Å²) < 4.78 is 2.35. The number of rotatable bonds is 5. The first-order valence-corrected chi connectivity index (χ1v) is 7.64. The van der Waals surface area contributed by atoms with Crippen molar-refractivity contribution in [1.29, 1.82) is 5.26 Å². The van der Waals surface area contributed by atoms with Gasteiger partial charge in [-0.15, -0.1) is 23.5 Å². The van der Waals surface area contributed by atoms with E-state index in [0.717, 1.165) is 19.9 Å².